The smallest absolute Gasteiger partial charge is 0.227 e. The summed E-state index contributed by atoms with van der Waals surface area (Å²) >= 11 is 1.61. The van der Waals surface area contributed by atoms with Crippen molar-refractivity contribution in [1.82, 2.24) is 20.5 Å². The van der Waals surface area contributed by atoms with E-state index in [0.29, 0.717) is 52.4 Å². The molecule has 3 heterocycles. The van der Waals surface area contributed by atoms with Gasteiger partial charge in [0.05, 0.1) is 42.3 Å². The van der Waals surface area contributed by atoms with Crippen LogP contribution in [0.3, 0.4) is 0 Å². The van der Waals surface area contributed by atoms with Crippen molar-refractivity contribution in [3.63, 3.8) is 0 Å². The number of ether oxygens (including phenoxy) is 1. The van der Waals surface area contributed by atoms with Gasteiger partial charge in [-0.3, -0.25) is 9.59 Å². The van der Waals surface area contributed by atoms with Gasteiger partial charge in [0.15, 0.2) is 0 Å². The standard InChI is InChI=1S/C17H26N4O3S/c1-11-15(25-12(2)20-11)10-19-16(22)13-7-14(9-18-8-13)17(23)21-3-5-24-6-4-21/h13-14,18H,3-10H2,1-2H3,(H,19,22)/t13-,14+/m1/s1. The zero-order valence-corrected chi connectivity index (χ0v) is 15.7. The summed E-state index contributed by atoms with van der Waals surface area (Å²) in [5.41, 5.74) is 0.977. The third-order valence-corrected chi connectivity index (χ3v) is 5.89. The molecule has 0 spiro atoms. The van der Waals surface area contributed by atoms with E-state index in [1.807, 2.05) is 18.7 Å². The van der Waals surface area contributed by atoms with Crippen molar-refractivity contribution in [2.45, 2.75) is 26.8 Å². The average molecular weight is 366 g/mol. The van der Waals surface area contributed by atoms with Gasteiger partial charge in [0.2, 0.25) is 11.8 Å². The van der Waals surface area contributed by atoms with Crippen molar-refractivity contribution in [1.29, 1.82) is 0 Å². The Labute approximate surface area is 152 Å². The molecule has 2 atom stereocenters. The van der Waals surface area contributed by atoms with E-state index in [1.54, 1.807) is 11.3 Å². The molecule has 2 N–H and O–H groups in total. The molecule has 2 saturated heterocycles. The van der Waals surface area contributed by atoms with Crippen LogP contribution in [0.25, 0.3) is 0 Å². The number of rotatable bonds is 4. The van der Waals surface area contributed by atoms with E-state index in [0.717, 1.165) is 15.6 Å². The van der Waals surface area contributed by atoms with Gasteiger partial charge in [0.1, 0.15) is 0 Å². The van der Waals surface area contributed by atoms with Gasteiger partial charge < -0.3 is 20.3 Å². The molecule has 25 heavy (non-hydrogen) atoms. The molecule has 8 heteroatoms. The van der Waals surface area contributed by atoms with Gasteiger partial charge in [0.25, 0.3) is 0 Å². The van der Waals surface area contributed by atoms with Gasteiger partial charge >= 0.3 is 0 Å². The number of carbonyl (C=O) groups excluding carboxylic acids is 2. The Bertz CT molecular complexity index is 627. The Morgan fingerprint density at radius 2 is 2.00 bits per heavy atom. The Kier molecular flexibility index (Phi) is 6.03. The van der Waals surface area contributed by atoms with Crippen molar-refractivity contribution < 1.29 is 14.3 Å². The maximum absolute atomic E-state index is 12.6. The van der Waals surface area contributed by atoms with E-state index in [2.05, 4.69) is 15.6 Å². The van der Waals surface area contributed by atoms with Crippen LogP contribution in [0.5, 0.6) is 0 Å². The fourth-order valence-corrected chi connectivity index (χ4v) is 4.30. The number of morpholine rings is 1. The molecule has 0 saturated carbocycles. The van der Waals surface area contributed by atoms with Crippen LogP contribution >= 0.6 is 11.3 Å². The number of nitrogens with one attached hydrogen (secondary N) is 2. The van der Waals surface area contributed by atoms with Crippen molar-refractivity contribution in [3.8, 4) is 0 Å². The second-order valence-corrected chi connectivity index (χ2v) is 7.97. The quantitative estimate of drug-likeness (QED) is 0.809. The molecule has 2 aliphatic rings. The fraction of sp³-hybridized carbons (Fsp3) is 0.706. The van der Waals surface area contributed by atoms with E-state index < -0.39 is 0 Å². The molecular weight excluding hydrogens is 340 g/mol. The summed E-state index contributed by atoms with van der Waals surface area (Å²) in [5.74, 6) is -0.146. The molecule has 1 aromatic rings. The maximum Gasteiger partial charge on any atom is 0.227 e. The van der Waals surface area contributed by atoms with Gasteiger partial charge in [-0.15, -0.1) is 11.3 Å². The van der Waals surface area contributed by atoms with Crippen molar-refractivity contribution >= 4 is 23.2 Å². The van der Waals surface area contributed by atoms with Crippen molar-refractivity contribution in [3.05, 3.63) is 15.6 Å². The number of piperidine rings is 1. The minimum absolute atomic E-state index is 0.0115. The SMILES string of the molecule is Cc1nc(C)c(CNC(=O)[C@H]2CNC[C@@H](C(=O)N3CCOCC3)C2)s1. The summed E-state index contributed by atoms with van der Waals surface area (Å²) < 4.78 is 5.30. The lowest BCUT2D eigenvalue weighted by Crippen LogP contribution is -2.51. The molecule has 2 amide bonds. The summed E-state index contributed by atoms with van der Waals surface area (Å²) in [7, 11) is 0. The van der Waals surface area contributed by atoms with Gasteiger partial charge in [-0.05, 0) is 20.3 Å². The normalized spacial score (nSPS) is 24.2. The summed E-state index contributed by atoms with van der Waals surface area (Å²) in [6.07, 6.45) is 0.607. The topological polar surface area (TPSA) is 83.6 Å². The second-order valence-electron chi connectivity index (χ2n) is 6.68. The number of hydrogen-bond donors (Lipinski definition) is 2. The van der Waals surface area contributed by atoms with Crippen molar-refractivity contribution in [2.75, 3.05) is 39.4 Å². The molecular formula is C17H26N4O3S. The lowest BCUT2D eigenvalue weighted by atomic mass is 9.88. The minimum atomic E-state index is -0.168. The highest BCUT2D eigenvalue weighted by molar-refractivity contribution is 7.11. The Morgan fingerprint density at radius 1 is 1.28 bits per heavy atom. The summed E-state index contributed by atoms with van der Waals surface area (Å²) in [6, 6.07) is 0. The van der Waals surface area contributed by atoms with Crippen LogP contribution in [-0.4, -0.2) is 61.1 Å². The summed E-state index contributed by atoms with van der Waals surface area (Å²) in [6.45, 7) is 8.21. The molecule has 138 valence electrons. The lowest BCUT2D eigenvalue weighted by molar-refractivity contribution is -0.141. The lowest BCUT2D eigenvalue weighted by Gasteiger charge is -2.34. The first-order chi connectivity index (χ1) is 12.0. The number of aromatic nitrogens is 1. The van der Waals surface area contributed by atoms with E-state index in [1.165, 1.54) is 0 Å². The molecule has 0 aromatic carbocycles. The van der Waals surface area contributed by atoms with E-state index in [4.69, 9.17) is 4.74 Å². The highest BCUT2D eigenvalue weighted by Crippen LogP contribution is 2.21. The highest BCUT2D eigenvalue weighted by Gasteiger charge is 2.33. The summed E-state index contributed by atoms with van der Waals surface area (Å²) in [4.78, 5) is 32.5. The highest BCUT2D eigenvalue weighted by atomic mass is 32.1. The molecule has 0 bridgehead atoms. The Hall–Kier alpha value is -1.51. The average Bonchev–Trinajstić information content (AvgIpc) is 2.97. The molecule has 0 aliphatic carbocycles. The zero-order valence-electron chi connectivity index (χ0n) is 14.8. The van der Waals surface area contributed by atoms with Crippen LogP contribution in [0.4, 0.5) is 0 Å². The first-order valence-corrected chi connectivity index (χ1v) is 9.64. The van der Waals surface area contributed by atoms with Crippen LogP contribution in [0.15, 0.2) is 0 Å². The predicted molar refractivity (Wildman–Crippen MR) is 95.3 cm³/mol. The Balaban J connectivity index is 1.52. The van der Waals surface area contributed by atoms with E-state index in [-0.39, 0.29) is 23.7 Å². The van der Waals surface area contributed by atoms with E-state index >= 15 is 0 Å². The van der Waals surface area contributed by atoms with Crippen LogP contribution in [0, 0.1) is 25.7 Å². The van der Waals surface area contributed by atoms with Crippen LogP contribution in [0.1, 0.15) is 22.0 Å². The van der Waals surface area contributed by atoms with Crippen LogP contribution in [-0.2, 0) is 20.9 Å². The van der Waals surface area contributed by atoms with Gasteiger partial charge in [-0.2, -0.15) is 0 Å². The number of hydrogen-bond acceptors (Lipinski definition) is 6. The monoisotopic (exact) mass is 366 g/mol. The predicted octanol–water partition coefficient (Wildman–Crippen LogP) is 0.461. The molecule has 2 fully saturated rings. The van der Waals surface area contributed by atoms with Gasteiger partial charge in [0, 0.05) is 31.1 Å². The van der Waals surface area contributed by atoms with E-state index in [9.17, 15) is 9.59 Å². The zero-order chi connectivity index (χ0) is 17.8. The Morgan fingerprint density at radius 3 is 2.68 bits per heavy atom. The first kappa shape index (κ1) is 18.3. The maximum atomic E-state index is 12.6. The van der Waals surface area contributed by atoms with Crippen LogP contribution < -0.4 is 10.6 Å². The van der Waals surface area contributed by atoms with Crippen LogP contribution in [0.2, 0.25) is 0 Å². The number of thiazole rings is 1. The third-order valence-electron chi connectivity index (χ3n) is 4.82. The van der Waals surface area contributed by atoms with Gasteiger partial charge in [-0.1, -0.05) is 0 Å². The molecule has 2 aliphatic heterocycles. The van der Waals surface area contributed by atoms with Gasteiger partial charge in [-0.25, -0.2) is 4.98 Å². The molecule has 0 unspecified atom stereocenters. The molecule has 7 nitrogen and oxygen atoms in total. The van der Waals surface area contributed by atoms with Crippen molar-refractivity contribution in [2.24, 2.45) is 11.8 Å². The largest absolute Gasteiger partial charge is 0.378 e. The first-order valence-electron chi connectivity index (χ1n) is 8.82. The minimum Gasteiger partial charge on any atom is -0.378 e. The summed E-state index contributed by atoms with van der Waals surface area (Å²) in [5, 5.41) is 7.27. The third kappa shape index (κ3) is 4.56. The molecule has 0 radical (unpaired) electrons. The number of nitrogens with zero attached hydrogens (tertiary/aromatic N) is 2. The fourth-order valence-electron chi connectivity index (χ4n) is 3.42. The number of carbonyl (C=O) groups is 2. The molecule has 3 rings (SSSR count). The second kappa shape index (κ2) is 8.25. The number of aryl methyl sites for hydroxylation is 2. The number of amides is 2. The molecule has 1 aromatic heterocycles.